The molecule has 88 valence electrons. The Balaban J connectivity index is 5.50. The van der Waals surface area contributed by atoms with Crippen molar-refractivity contribution in [1.29, 1.82) is 0 Å². The lowest BCUT2D eigenvalue weighted by Crippen LogP contribution is -2.60. The summed E-state index contributed by atoms with van der Waals surface area (Å²) in [6, 6.07) is 0. The van der Waals surface area contributed by atoms with Crippen LogP contribution in [0.25, 0.3) is 0 Å². The van der Waals surface area contributed by atoms with E-state index in [4.69, 9.17) is 5.11 Å². The zero-order chi connectivity index (χ0) is 12.7. The van der Waals surface area contributed by atoms with E-state index in [-0.39, 0.29) is 0 Å². The van der Waals surface area contributed by atoms with Crippen molar-refractivity contribution in [2.75, 3.05) is 0 Å². The lowest BCUT2D eigenvalue weighted by Gasteiger charge is -2.27. The number of carbonyl (C=O) groups excluding carboxylic acids is 1. The smallest absolute Gasteiger partial charge is 0.411 e. The molecule has 1 N–H and O–H groups in total. The Kier molecular flexibility index (Phi) is 3.31. The van der Waals surface area contributed by atoms with Crippen molar-refractivity contribution in [2.24, 2.45) is 0 Å². The normalized spacial score (nSPS) is 13.8. The molecule has 0 amide bonds. The van der Waals surface area contributed by atoms with Crippen LogP contribution in [0, 0.1) is 0 Å². The molecule has 0 aliphatic heterocycles. The summed E-state index contributed by atoms with van der Waals surface area (Å²) in [4.78, 5) is 19.4. The van der Waals surface area contributed by atoms with Gasteiger partial charge in [0.1, 0.15) is 0 Å². The van der Waals surface area contributed by atoms with Crippen molar-refractivity contribution in [3.8, 4) is 0 Å². The van der Waals surface area contributed by atoms with E-state index >= 15 is 0 Å². The van der Waals surface area contributed by atoms with Gasteiger partial charge in [-0.05, 0) is 11.6 Å². The van der Waals surface area contributed by atoms with Crippen LogP contribution in [0.2, 0.25) is 0 Å². The predicted molar refractivity (Wildman–Crippen MR) is 33.3 cm³/mol. The van der Waals surface area contributed by atoms with E-state index in [0.717, 1.165) is 0 Å². The number of rotatable bonds is 4. The topological polar surface area (TPSA) is 54.4 Å². The summed E-state index contributed by atoms with van der Waals surface area (Å²) in [6.07, 6.45) is 0. The summed E-state index contributed by atoms with van der Waals surface area (Å²) in [5, 5.41) is 4.53. The van der Waals surface area contributed by atoms with Gasteiger partial charge in [0, 0.05) is 0 Å². The number of hydrogen-bond acceptors (Lipinski definition) is 2. The predicted octanol–water partition coefficient (Wildman–Crippen LogP) is 1.74. The largest absolute Gasteiger partial charge is 0.477 e. The first-order chi connectivity index (χ1) is 6.39. The number of carboxylic acid groups (broad SMARTS) is 1. The second-order valence-corrected chi connectivity index (χ2v) is 2.65. The number of aliphatic carboxylic acids is 1. The van der Waals surface area contributed by atoms with Crippen molar-refractivity contribution in [1.82, 2.24) is 0 Å². The van der Waals surface area contributed by atoms with E-state index < -0.39 is 29.0 Å². The fourth-order valence-electron chi connectivity index (χ4n) is 0.455. The molecule has 0 aliphatic rings. The molecule has 0 aromatic heterocycles. The Hall–Kier alpha value is -0.990. The van der Waals surface area contributed by atoms with Gasteiger partial charge in [-0.15, -0.1) is 0 Å². The van der Waals surface area contributed by atoms with Gasteiger partial charge in [0.15, 0.2) is 0 Å². The second-order valence-electron chi connectivity index (χ2n) is 2.30. The first kappa shape index (κ1) is 14.0. The average molecular weight is 259 g/mol. The van der Waals surface area contributed by atoms with Gasteiger partial charge in [-0.1, -0.05) is 0 Å². The average Bonchev–Trinajstić information content (AvgIpc) is 2.02. The van der Waals surface area contributed by atoms with Crippen LogP contribution in [0.4, 0.5) is 26.3 Å². The molecule has 0 bridgehead atoms. The molecule has 0 radical (unpaired) electrons. The molecule has 10 heteroatoms. The van der Waals surface area contributed by atoms with Gasteiger partial charge < -0.3 is 5.11 Å². The zero-order valence-electron chi connectivity index (χ0n) is 6.41. The summed E-state index contributed by atoms with van der Waals surface area (Å²) in [5.41, 5.74) is 0. The molecular weight excluding hydrogens is 257 g/mol. The van der Waals surface area contributed by atoms with Gasteiger partial charge in [-0.3, -0.25) is 4.79 Å². The highest BCUT2D eigenvalue weighted by Crippen LogP contribution is 2.46. The van der Waals surface area contributed by atoms with Gasteiger partial charge in [0.25, 0.3) is 5.24 Å². The minimum Gasteiger partial charge on any atom is -0.477 e. The van der Waals surface area contributed by atoms with Crippen LogP contribution in [-0.2, 0) is 9.59 Å². The van der Waals surface area contributed by atoms with E-state index in [1.54, 1.807) is 0 Å². The molecular formula is C5HClF6O3. The molecule has 15 heavy (non-hydrogen) atoms. The van der Waals surface area contributed by atoms with Crippen LogP contribution >= 0.6 is 11.6 Å². The van der Waals surface area contributed by atoms with Crippen molar-refractivity contribution >= 4 is 22.8 Å². The quantitative estimate of drug-likeness (QED) is 0.617. The number of hydrogen-bond donors (Lipinski definition) is 1. The summed E-state index contributed by atoms with van der Waals surface area (Å²) >= 11 is 3.97. The summed E-state index contributed by atoms with van der Waals surface area (Å²) in [7, 11) is 0. The van der Waals surface area contributed by atoms with Gasteiger partial charge >= 0.3 is 23.7 Å². The number of halogens is 7. The summed E-state index contributed by atoms with van der Waals surface area (Å²) in [5.74, 6) is -22.0. The van der Waals surface area contributed by atoms with Crippen molar-refractivity contribution in [2.45, 2.75) is 17.8 Å². The van der Waals surface area contributed by atoms with Gasteiger partial charge in [0.2, 0.25) is 0 Å². The lowest BCUT2D eigenvalue weighted by atomic mass is 10.1. The number of carboxylic acids is 1. The minimum atomic E-state index is -6.41. The SMILES string of the molecule is O=C(O)C(F)(F)C(F)(F)C(F)(F)C(=O)Cl. The molecule has 0 aromatic carbocycles. The maximum atomic E-state index is 12.3. The highest BCUT2D eigenvalue weighted by molar-refractivity contribution is 6.65. The fraction of sp³-hybridized carbons (Fsp3) is 0.600. The van der Waals surface area contributed by atoms with Crippen LogP contribution in [0.5, 0.6) is 0 Å². The van der Waals surface area contributed by atoms with Crippen LogP contribution < -0.4 is 0 Å². The number of carbonyl (C=O) groups is 2. The zero-order valence-corrected chi connectivity index (χ0v) is 7.17. The fourth-order valence-corrected chi connectivity index (χ4v) is 0.574. The minimum absolute atomic E-state index is 3.08. The Morgan fingerprint density at radius 1 is 0.933 bits per heavy atom. The van der Waals surface area contributed by atoms with Crippen molar-refractivity contribution in [3.63, 3.8) is 0 Å². The Morgan fingerprint density at radius 2 is 1.27 bits per heavy atom. The highest BCUT2D eigenvalue weighted by Gasteiger charge is 2.78. The highest BCUT2D eigenvalue weighted by atomic mass is 35.5. The second kappa shape index (κ2) is 3.54. The van der Waals surface area contributed by atoms with E-state index in [1.807, 2.05) is 0 Å². The van der Waals surface area contributed by atoms with Gasteiger partial charge in [0.05, 0.1) is 0 Å². The number of alkyl halides is 6. The standard InChI is InChI=1S/C5HClF6O3/c6-1(13)3(7,8)5(11,12)4(9,10)2(14)15/h(H,14,15). The van der Waals surface area contributed by atoms with Gasteiger partial charge in [-0.25, -0.2) is 4.79 Å². The maximum Gasteiger partial charge on any atom is 0.411 e. The van der Waals surface area contributed by atoms with E-state index in [2.05, 4.69) is 11.6 Å². The molecule has 0 spiro atoms. The molecule has 0 aromatic rings. The Bertz CT molecular complexity index is 273. The molecule has 0 saturated carbocycles. The van der Waals surface area contributed by atoms with E-state index in [9.17, 15) is 35.9 Å². The van der Waals surface area contributed by atoms with E-state index in [0.29, 0.717) is 0 Å². The molecule has 0 aliphatic carbocycles. The third-order valence-electron chi connectivity index (χ3n) is 1.30. The molecule has 0 heterocycles. The van der Waals surface area contributed by atoms with Crippen molar-refractivity contribution in [3.05, 3.63) is 0 Å². The monoisotopic (exact) mass is 258 g/mol. The Morgan fingerprint density at radius 3 is 1.47 bits per heavy atom. The summed E-state index contributed by atoms with van der Waals surface area (Å²) in [6.45, 7) is 0. The van der Waals surface area contributed by atoms with Crippen LogP contribution in [0.15, 0.2) is 0 Å². The van der Waals surface area contributed by atoms with Crippen LogP contribution in [0.1, 0.15) is 0 Å². The first-order valence-corrected chi connectivity index (χ1v) is 3.33. The van der Waals surface area contributed by atoms with Gasteiger partial charge in [-0.2, -0.15) is 26.3 Å². The third-order valence-corrected chi connectivity index (χ3v) is 1.54. The molecule has 0 fully saturated rings. The maximum absolute atomic E-state index is 12.3. The third kappa shape index (κ3) is 1.87. The Labute approximate surface area is 82.6 Å². The summed E-state index contributed by atoms with van der Waals surface area (Å²) < 4.78 is 73.3. The van der Waals surface area contributed by atoms with Crippen LogP contribution in [0.3, 0.4) is 0 Å². The van der Waals surface area contributed by atoms with Crippen LogP contribution in [-0.4, -0.2) is 34.1 Å². The molecule has 0 atom stereocenters. The molecule has 0 rings (SSSR count). The lowest BCUT2D eigenvalue weighted by molar-refractivity contribution is -0.289. The first-order valence-electron chi connectivity index (χ1n) is 2.95. The molecule has 0 unspecified atom stereocenters. The van der Waals surface area contributed by atoms with Crippen molar-refractivity contribution < 1.29 is 41.0 Å². The molecule has 3 nitrogen and oxygen atoms in total. The van der Waals surface area contributed by atoms with E-state index in [1.165, 1.54) is 0 Å². The molecule has 0 saturated heterocycles.